The first-order valence-corrected chi connectivity index (χ1v) is 5.99. The van der Waals surface area contributed by atoms with Gasteiger partial charge in [0.25, 0.3) is 0 Å². The first-order chi connectivity index (χ1) is 7.24. The third-order valence-corrected chi connectivity index (χ3v) is 3.03. The van der Waals surface area contributed by atoms with Crippen LogP contribution in [-0.2, 0) is 0 Å². The number of hydrogen-bond acceptors (Lipinski definition) is 1. The average molecular weight is 227 g/mol. The molecule has 0 aromatic heterocycles. The highest BCUT2D eigenvalue weighted by molar-refractivity contribution is 6.20. The normalized spacial score (nSPS) is 14.6. The van der Waals surface area contributed by atoms with Crippen LogP contribution in [0.1, 0.15) is 26.7 Å². The zero-order chi connectivity index (χ0) is 11.1. The molecule has 0 radical (unpaired) electrons. The zero-order valence-electron chi connectivity index (χ0n) is 9.45. The van der Waals surface area contributed by atoms with Gasteiger partial charge >= 0.3 is 0 Å². The Morgan fingerprint density at radius 2 is 1.93 bits per heavy atom. The van der Waals surface area contributed by atoms with E-state index in [1.165, 1.54) is 0 Å². The van der Waals surface area contributed by atoms with E-state index in [4.69, 9.17) is 16.3 Å². The van der Waals surface area contributed by atoms with Gasteiger partial charge in [-0.3, -0.25) is 0 Å². The molecule has 1 aromatic carbocycles. The Kier molecular flexibility index (Phi) is 5.56. The quantitative estimate of drug-likeness (QED) is 0.664. The molecule has 0 fully saturated rings. The third-order valence-electron chi connectivity index (χ3n) is 2.67. The summed E-state index contributed by atoms with van der Waals surface area (Å²) in [5, 5.41) is 0.231. The van der Waals surface area contributed by atoms with Crippen molar-refractivity contribution < 1.29 is 4.74 Å². The molecule has 2 unspecified atom stereocenters. The first kappa shape index (κ1) is 12.4. The fraction of sp³-hybridized carbons (Fsp3) is 0.538. The summed E-state index contributed by atoms with van der Waals surface area (Å²) in [6.07, 6.45) is 2.14. The molecule has 0 aliphatic heterocycles. The minimum absolute atomic E-state index is 0.231. The molecule has 2 atom stereocenters. The molecule has 2 heteroatoms. The Bertz CT molecular complexity index is 258. The molecule has 1 aromatic rings. The minimum atomic E-state index is 0.231. The van der Waals surface area contributed by atoms with Crippen LogP contribution in [0, 0.1) is 5.92 Å². The van der Waals surface area contributed by atoms with Crippen molar-refractivity contribution in [2.75, 3.05) is 6.61 Å². The summed E-state index contributed by atoms with van der Waals surface area (Å²) in [5.74, 6) is 1.49. The van der Waals surface area contributed by atoms with Crippen molar-refractivity contribution in [3.05, 3.63) is 30.3 Å². The molecule has 0 saturated carbocycles. The topological polar surface area (TPSA) is 9.23 Å². The maximum atomic E-state index is 6.07. The van der Waals surface area contributed by atoms with Gasteiger partial charge in [-0.25, -0.2) is 0 Å². The summed E-state index contributed by atoms with van der Waals surface area (Å²) in [7, 11) is 0. The van der Waals surface area contributed by atoms with Crippen molar-refractivity contribution in [1.82, 2.24) is 0 Å². The van der Waals surface area contributed by atoms with Gasteiger partial charge in [0.05, 0.1) is 6.61 Å². The molecule has 0 amide bonds. The maximum Gasteiger partial charge on any atom is 0.119 e. The molecular weight excluding hydrogens is 208 g/mol. The molecule has 0 aliphatic carbocycles. The SMILES string of the molecule is CCC(CCOc1ccccc1)C(C)Cl. The van der Waals surface area contributed by atoms with Gasteiger partial charge in [0.2, 0.25) is 0 Å². The molecule has 84 valence electrons. The van der Waals surface area contributed by atoms with Crippen molar-refractivity contribution in [1.29, 1.82) is 0 Å². The van der Waals surface area contributed by atoms with E-state index in [0.29, 0.717) is 5.92 Å². The van der Waals surface area contributed by atoms with Crippen molar-refractivity contribution in [2.45, 2.75) is 32.1 Å². The first-order valence-electron chi connectivity index (χ1n) is 5.56. The number of halogens is 1. The second-order valence-corrected chi connectivity index (χ2v) is 4.48. The molecule has 0 spiro atoms. The highest BCUT2D eigenvalue weighted by atomic mass is 35.5. The van der Waals surface area contributed by atoms with E-state index in [0.717, 1.165) is 25.2 Å². The van der Waals surface area contributed by atoms with E-state index in [2.05, 4.69) is 13.8 Å². The highest BCUT2D eigenvalue weighted by Crippen LogP contribution is 2.19. The van der Waals surface area contributed by atoms with Crippen LogP contribution in [0.15, 0.2) is 30.3 Å². The van der Waals surface area contributed by atoms with Crippen molar-refractivity contribution in [3.63, 3.8) is 0 Å². The summed E-state index contributed by atoms with van der Waals surface area (Å²) in [6, 6.07) is 9.91. The van der Waals surface area contributed by atoms with Crippen molar-refractivity contribution >= 4 is 11.6 Å². The maximum absolute atomic E-state index is 6.07. The lowest BCUT2D eigenvalue weighted by Gasteiger charge is -2.17. The largest absolute Gasteiger partial charge is 0.494 e. The van der Waals surface area contributed by atoms with Gasteiger partial charge < -0.3 is 4.74 Å². The van der Waals surface area contributed by atoms with Gasteiger partial charge in [0.1, 0.15) is 5.75 Å². The van der Waals surface area contributed by atoms with E-state index < -0.39 is 0 Å². The van der Waals surface area contributed by atoms with E-state index in [9.17, 15) is 0 Å². The zero-order valence-corrected chi connectivity index (χ0v) is 10.2. The third kappa shape index (κ3) is 4.57. The van der Waals surface area contributed by atoms with Crippen LogP contribution in [0.2, 0.25) is 0 Å². The van der Waals surface area contributed by atoms with Crippen LogP contribution >= 0.6 is 11.6 Å². The van der Waals surface area contributed by atoms with Gasteiger partial charge in [0.15, 0.2) is 0 Å². The van der Waals surface area contributed by atoms with Crippen molar-refractivity contribution in [3.8, 4) is 5.75 Å². The predicted octanol–water partition coefficient (Wildman–Crippen LogP) is 4.11. The molecule has 0 N–H and O–H groups in total. The highest BCUT2D eigenvalue weighted by Gasteiger charge is 2.12. The number of para-hydroxylation sites is 1. The monoisotopic (exact) mass is 226 g/mol. The standard InChI is InChI=1S/C13H19ClO/c1-3-12(11(2)14)9-10-15-13-7-5-4-6-8-13/h4-8,11-12H,3,9-10H2,1-2H3. The predicted molar refractivity (Wildman–Crippen MR) is 65.7 cm³/mol. The molecule has 0 heterocycles. The van der Waals surface area contributed by atoms with Crippen LogP contribution in [-0.4, -0.2) is 12.0 Å². The number of alkyl halides is 1. The second kappa shape index (κ2) is 6.73. The van der Waals surface area contributed by atoms with Gasteiger partial charge in [-0.15, -0.1) is 11.6 Å². The fourth-order valence-electron chi connectivity index (χ4n) is 1.60. The Balaban J connectivity index is 2.27. The minimum Gasteiger partial charge on any atom is -0.494 e. The molecule has 0 saturated heterocycles. The Morgan fingerprint density at radius 1 is 1.27 bits per heavy atom. The Hall–Kier alpha value is -0.690. The molecule has 1 rings (SSSR count). The van der Waals surface area contributed by atoms with Crippen LogP contribution in [0.3, 0.4) is 0 Å². The number of ether oxygens (including phenoxy) is 1. The molecule has 15 heavy (non-hydrogen) atoms. The summed E-state index contributed by atoms with van der Waals surface area (Å²) < 4.78 is 5.63. The lowest BCUT2D eigenvalue weighted by atomic mass is 10.00. The summed E-state index contributed by atoms with van der Waals surface area (Å²) >= 11 is 6.07. The molecular formula is C13H19ClO. The lowest BCUT2D eigenvalue weighted by molar-refractivity contribution is 0.273. The number of rotatable bonds is 6. The molecule has 1 nitrogen and oxygen atoms in total. The summed E-state index contributed by atoms with van der Waals surface area (Å²) in [4.78, 5) is 0. The van der Waals surface area contributed by atoms with Crippen LogP contribution in [0.5, 0.6) is 5.75 Å². The van der Waals surface area contributed by atoms with Crippen molar-refractivity contribution in [2.24, 2.45) is 5.92 Å². The van der Waals surface area contributed by atoms with E-state index in [1.807, 2.05) is 30.3 Å². The summed E-state index contributed by atoms with van der Waals surface area (Å²) in [5.41, 5.74) is 0. The van der Waals surface area contributed by atoms with E-state index in [1.54, 1.807) is 0 Å². The van der Waals surface area contributed by atoms with Gasteiger partial charge in [-0.1, -0.05) is 31.5 Å². The smallest absolute Gasteiger partial charge is 0.119 e. The van der Waals surface area contributed by atoms with Gasteiger partial charge in [-0.05, 0) is 31.4 Å². The van der Waals surface area contributed by atoms with Crippen LogP contribution < -0.4 is 4.74 Å². The fourth-order valence-corrected chi connectivity index (χ4v) is 1.91. The molecule has 0 aliphatic rings. The lowest BCUT2D eigenvalue weighted by Crippen LogP contribution is -2.14. The Labute approximate surface area is 97.4 Å². The average Bonchev–Trinajstić information content (AvgIpc) is 2.25. The van der Waals surface area contributed by atoms with Gasteiger partial charge in [-0.2, -0.15) is 0 Å². The number of benzene rings is 1. The van der Waals surface area contributed by atoms with Gasteiger partial charge in [0, 0.05) is 5.38 Å². The van der Waals surface area contributed by atoms with Crippen LogP contribution in [0.4, 0.5) is 0 Å². The van der Waals surface area contributed by atoms with Crippen LogP contribution in [0.25, 0.3) is 0 Å². The van der Waals surface area contributed by atoms with E-state index >= 15 is 0 Å². The number of hydrogen-bond donors (Lipinski definition) is 0. The second-order valence-electron chi connectivity index (χ2n) is 3.80. The Morgan fingerprint density at radius 3 is 2.47 bits per heavy atom. The molecule has 0 bridgehead atoms. The van der Waals surface area contributed by atoms with E-state index in [-0.39, 0.29) is 5.38 Å². The summed E-state index contributed by atoms with van der Waals surface area (Å²) in [6.45, 7) is 4.98.